The van der Waals surface area contributed by atoms with Gasteiger partial charge in [-0.15, -0.1) is 0 Å². The van der Waals surface area contributed by atoms with Gasteiger partial charge in [0.2, 0.25) is 0 Å². The molecule has 3 heteroatoms. The lowest BCUT2D eigenvalue weighted by atomic mass is 9.95. The predicted molar refractivity (Wildman–Crippen MR) is 93.2 cm³/mol. The second-order valence-electron chi connectivity index (χ2n) is 6.61. The van der Waals surface area contributed by atoms with Crippen LogP contribution >= 0.6 is 0 Å². The highest BCUT2D eigenvalue weighted by molar-refractivity contribution is 5.88. The van der Waals surface area contributed by atoms with E-state index < -0.39 is 5.41 Å². The molecule has 3 aromatic rings. The van der Waals surface area contributed by atoms with Crippen LogP contribution in [0.5, 0.6) is 0 Å². The molecule has 0 N–H and O–H groups in total. The van der Waals surface area contributed by atoms with Crippen molar-refractivity contribution >= 4 is 5.91 Å². The third-order valence-electron chi connectivity index (χ3n) is 3.68. The van der Waals surface area contributed by atoms with Gasteiger partial charge in [-0.3, -0.25) is 4.79 Å². The maximum absolute atomic E-state index is 12.8. The summed E-state index contributed by atoms with van der Waals surface area (Å²) in [7, 11) is 0. The highest BCUT2D eigenvalue weighted by Gasteiger charge is 2.27. The van der Waals surface area contributed by atoms with Gasteiger partial charge in [-0.1, -0.05) is 81.4 Å². The third kappa shape index (κ3) is 3.09. The van der Waals surface area contributed by atoms with Gasteiger partial charge in [-0.05, 0) is 6.07 Å². The summed E-state index contributed by atoms with van der Waals surface area (Å²) in [6.45, 7) is 5.73. The Bertz CT molecular complexity index is 812. The summed E-state index contributed by atoms with van der Waals surface area (Å²) in [4.78, 5) is 12.8. The number of rotatable bonds is 2. The first-order chi connectivity index (χ1) is 11.0. The lowest BCUT2D eigenvalue weighted by Gasteiger charge is -2.17. The molecule has 0 saturated heterocycles. The van der Waals surface area contributed by atoms with Crippen LogP contribution in [0.4, 0.5) is 0 Å². The topological polar surface area (TPSA) is 34.9 Å². The van der Waals surface area contributed by atoms with Crippen molar-refractivity contribution in [1.82, 2.24) is 9.78 Å². The minimum Gasteiger partial charge on any atom is -0.272 e. The molecule has 0 aliphatic rings. The Morgan fingerprint density at radius 3 is 1.91 bits per heavy atom. The minimum atomic E-state index is -0.497. The monoisotopic (exact) mass is 304 g/mol. The zero-order valence-corrected chi connectivity index (χ0v) is 13.7. The Balaban J connectivity index is 2.17. The van der Waals surface area contributed by atoms with Gasteiger partial charge in [0, 0.05) is 16.5 Å². The molecule has 0 aliphatic heterocycles. The average Bonchev–Trinajstić information content (AvgIpc) is 3.00. The number of hydrogen-bond acceptors (Lipinski definition) is 2. The van der Waals surface area contributed by atoms with E-state index in [1.807, 2.05) is 87.5 Å². The Hall–Kier alpha value is -2.68. The summed E-state index contributed by atoms with van der Waals surface area (Å²) in [5, 5.41) is 4.59. The van der Waals surface area contributed by atoms with Crippen molar-refractivity contribution in [1.29, 1.82) is 0 Å². The summed E-state index contributed by atoms with van der Waals surface area (Å²) in [6, 6.07) is 21.8. The van der Waals surface area contributed by atoms with Gasteiger partial charge >= 0.3 is 0 Å². The molecule has 2 aromatic carbocycles. The van der Waals surface area contributed by atoms with Gasteiger partial charge in [0.15, 0.2) is 0 Å². The minimum absolute atomic E-state index is 0.0152. The first kappa shape index (κ1) is 15.2. The van der Waals surface area contributed by atoms with Gasteiger partial charge in [-0.25, -0.2) is 0 Å². The lowest BCUT2D eigenvalue weighted by molar-refractivity contribution is 0.0751. The molecule has 0 aliphatic carbocycles. The van der Waals surface area contributed by atoms with E-state index in [4.69, 9.17) is 0 Å². The van der Waals surface area contributed by atoms with Gasteiger partial charge in [0.1, 0.15) is 0 Å². The quantitative estimate of drug-likeness (QED) is 0.674. The highest BCUT2D eigenvalue weighted by Crippen LogP contribution is 2.28. The molecule has 1 aromatic heterocycles. The molecule has 0 bridgehead atoms. The van der Waals surface area contributed by atoms with Gasteiger partial charge in [0.25, 0.3) is 5.91 Å². The van der Waals surface area contributed by atoms with Crippen LogP contribution in [0, 0.1) is 5.41 Å². The smallest absolute Gasteiger partial charge is 0.252 e. The molecule has 0 spiro atoms. The molecule has 23 heavy (non-hydrogen) atoms. The summed E-state index contributed by atoms with van der Waals surface area (Å²) in [5.74, 6) is -0.0152. The van der Waals surface area contributed by atoms with E-state index in [1.54, 1.807) is 0 Å². The van der Waals surface area contributed by atoms with Crippen LogP contribution in [0.1, 0.15) is 25.6 Å². The second kappa shape index (κ2) is 5.84. The summed E-state index contributed by atoms with van der Waals surface area (Å²) < 4.78 is 1.54. The fourth-order valence-corrected chi connectivity index (χ4v) is 2.42. The standard InChI is InChI=1S/C20H20N2O/c1-20(2,3)19(23)22-18(16-12-8-5-9-13-16)14-17(21-22)15-10-6-4-7-11-15/h4-14H,1-3H3. The molecule has 0 radical (unpaired) electrons. The highest BCUT2D eigenvalue weighted by atomic mass is 16.2. The van der Waals surface area contributed by atoms with Crippen molar-refractivity contribution < 1.29 is 4.79 Å². The Morgan fingerprint density at radius 1 is 0.870 bits per heavy atom. The normalized spacial score (nSPS) is 11.4. The molecule has 1 heterocycles. The molecule has 0 amide bonds. The van der Waals surface area contributed by atoms with Gasteiger partial charge in [0.05, 0.1) is 11.4 Å². The predicted octanol–water partition coefficient (Wildman–Crippen LogP) is 4.90. The van der Waals surface area contributed by atoms with Crippen LogP contribution < -0.4 is 0 Å². The number of carbonyl (C=O) groups excluding carboxylic acids is 1. The van der Waals surface area contributed by atoms with Crippen LogP contribution in [0.3, 0.4) is 0 Å². The second-order valence-corrected chi connectivity index (χ2v) is 6.61. The van der Waals surface area contributed by atoms with Crippen LogP contribution in [0.2, 0.25) is 0 Å². The Kier molecular flexibility index (Phi) is 3.87. The molecular weight excluding hydrogens is 284 g/mol. The van der Waals surface area contributed by atoms with Crippen molar-refractivity contribution in [3.63, 3.8) is 0 Å². The maximum atomic E-state index is 12.8. The third-order valence-corrected chi connectivity index (χ3v) is 3.68. The molecule has 0 saturated carbocycles. The zero-order chi connectivity index (χ0) is 16.4. The molecule has 116 valence electrons. The van der Waals surface area contributed by atoms with E-state index >= 15 is 0 Å². The maximum Gasteiger partial charge on any atom is 0.252 e. The molecular formula is C20H20N2O. The number of hydrogen-bond donors (Lipinski definition) is 0. The van der Waals surface area contributed by atoms with Crippen molar-refractivity contribution in [2.24, 2.45) is 5.41 Å². The van der Waals surface area contributed by atoms with E-state index in [2.05, 4.69) is 5.10 Å². The largest absolute Gasteiger partial charge is 0.272 e. The number of nitrogens with zero attached hydrogens (tertiary/aromatic N) is 2. The molecule has 3 nitrogen and oxygen atoms in total. The number of benzene rings is 2. The molecule has 0 atom stereocenters. The van der Waals surface area contributed by atoms with E-state index in [1.165, 1.54) is 4.68 Å². The van der Waals surface area contributed by atoms with Crippen LogP contribution in [0.15, 0.2) is 66.7 Å². The van der Waals surface area contributed by atoms with E-state index in [0.29, 0.717) is 0 Å². The van der Waals surface area contributed by atoms with Crippen LogP contribution in [-0.2, 0) is 0 Å². The fraction of sp³-hybridized carbons (Fsp3) is 0.200. The lowest BCUT2D eigenvalue weighted by Crippen LogP contribution is -2.28. The van der Waals surface area contributed by atoms with Crippen LogP contribution in [0.25, 0.3) is 22.5 Å². The van der Waals surface area contributed by atoms with E-state index in [-0.39, 0.29) is 5.91 Å². The average molecular weight is 304 g/mol. The van der Waals surface area contributed by atoms with E-state index in [0.717, 1.165) is 22.5 Å². The fourth-order valence-electron chi connectivity index (χ4n) is 2.42. The Morgan fingerprint density at radius 2 is 1.39 bits per heavy atom. The van der Waals surface area contributed by atoms with Crippen molar-refractivity contribution in [2.75, 3.05) is 0 Å². The summed E-state index contributed by atoms with van der Waals surface area (Å²) >= 11 is 0. The van der Waals surface area contributed by atoms with Gasteiger partial charge in [-0.2, -0.15) is 9.78 Å². The SMILES string of the molecule is CC(C)(C)C(=O)n1nc(-c2ccccc2)cc1-c1ccccc1. The van der Waals surface area contributed by atoms with Crippen molar-refractivity contribution in [3.8, 4) is 22.5 Å². The van der Waals surface area contributed by atoms with Gasteiger partial charge < -0.3 is 0 Å². The first-order valence-corrected chi connectivity index (χ1v) is 7.72. The zero-order valence-electron chi connectivity index (χ0n) is 13.7. The number of aromatic nitrogens is 2. The van der Waals surface area contributed by atoms with Crippen LogP contribution in [-0.4, -0.2) is 15.7 Å². The summed E-state index contributed by atoms with van der Waals surface area (Å²) in [5.41, 5.74) is 3.13. The number of carbonyl (C=O) groups is 1. The van der Waals surface area contributed by atoms with E-state index in [9.17, 15) is 4.79 Å². The molecule has 3 rings (SSSR count). The van der Waals surface area contributed by atoms with Crippen molar-refractivity contribution in [3.05, 3.63) is 66.7 Å². The Labute approximate surface area is 136 Å². The first-order valence-electron chi connectivity index (χ1n) is 7.72. The summed E-state index contributed by atoms with van der Waals surface area (Å²) in [6.07, 6.45) is 0. The molecule has 0 fully saturated rings. The van der Waals surface area contributed by atoms with Crippen molar-refractivity contribution in [2.45, 2.75) is 20.8 Å². The molecule has 0 unspecified atom stereocenters.